The van der Waals surface area contributed by atoms with E-state index < -0.39 is 5.54 Å². The minimum absolute atomic E-state index is 0.423. The van der Waals surface area contributed by atoms with E-state index in [-0.39, 0.29) is 0 Å². The van der Waals surface area contributed by atoms with Gasteiger partial charge in [0.2, 0.25) is 0 Å². The summed E-state index contributed by atoms with van der Waals surface area (Å²) in [6.45, 7) is 7.38. The average Bonchev–Trinajstić information content (AvgIpc) is 3.78. The molecule has 0 saturated heterocycles. The Hall–Kier alpha value is -6.67. The lowest BCUT2D eigenvalue weighted by molar-refractivity contribution is 0.307. The van der Waals surface area contributed by atoms with Gasteiger partial charge in [0.1, 0.15) is 29.2 Å². The third kappa shape index (κ3) is 5.58. The normalized spacial score (nSPS) is 13.4. The lowest BCUT2D eigenvalue weighted by Gasteiger charge is -2.36. The molecule has 8 aromatic rings. The van der Waals surface area contributed by atoms with Crippen LogP contribution in [0.2, 0.25) is 0 Å². The molecule has 0 atom stereocenters. The number of tetrazole rings is 1. The first-order chi connectivity index (χ1) is 26.5. The van der Waals surface area contributed by atoms with E-state index in [1.165, 1.54) is 0 Å². The maximum absolute atomic E-state index is 6.54. The predicted octanol–water partition coefficient (Wildman–Crippen LogP) is 8.97. The Bertz CT molecular complexity index is 2550. The molecule has 1 aliphatic rings. The molecule has 0 spiro atoms. The van der Waals surface area contributed by atoms with Gasteiger partial charge in [-0.25, -0.2) is 14.6 Å². The number of aromatic nitrogens is 7. The van der Waals surface area contributed by atoms with Crippen LogP contribution in [0.25, 0.3) is 22.8 Å². The molecule has 4 heterocycles. The molecule has 0 radical (unpaired) electrons. The van der Waals surface area contributed by atoms with E-state index in [0.717, 1.165) is 84.9 Å². The number of nitrogens with zero attached hydrogens (tertiary/aromatic N) is 7. The van der Waals surface area contributed by atoms with Crippen LogP contribution >= 0.6 is 0 Å². The maximum Gasteiger partial charge on any atom is 0.177 e. The monoisotopic (exact) mass is 705 g/mol. The third-order valence-electron chi connectivity index (χ3n) is 10.4. The summed E-state index contributed by atoms with van der Waals surface area (Å²) in [7, 11) is 0. The van der Waals surface area contributed by atoms with Crippen molar-refractivity contribution in [3.8, 4) is 5.75 Å². The van der Waals surface area contributed by atoms with Crippen molar-refractivity contribution in [2.45, 2.75) is 45.9 Å². The summed E-state index contributed by atoms with van der Waals surface area (Å²) in [5.41, 5.74) is 11.5. The Morgan fingerprint density at radius 1 is 0.722 bits per heavy atom. The Morgan fingerprint density at radius 3 is 2.04 bits per heavy atom. The van der Waals surface area contributed by atoms with E-state index in [1.54, 1.807) is 0 Å². The van der Waals surface area contributed by atoms with Gasteiger partial charge in [0.15, 0.2) is 11.5 Å². The van der Waals surface area contributed by atoms with Gasteiger partial charge in [0.05, 0.1) is 6.54 Å². The molecule has 0 saturated carbocycles. The van der Waals surface area contributed by atoms with E-state index >= 15 is 0 Å². The number of rotatable bonds is 8. The van der Waals surface area contributed by atoms with Crippen LogP contribution in [0.1, 0.15) is 68.8 Å². The van der Waals surface area contributed by atoms with Gasteiger partial charge in [-0.1, -0.05) is 128 Å². The molecule has 0 N–H and O–H groups in total. The molecule has 0 fully saturated rings. The summed E-state index contributed by atoms with van der Waals surface area (Å²) in [5, 5.41) is 13.9. The molecule has 0 amide bonds. The average molecular weight is 706 g/mol. The van der Waals surface area contributed by atoms with Gasteiger partial charge < -0.3 is 9.30 Å². The minimum Gasteiger partial charge on any atom is -0.488 e. The highest BCUT2D eigenvalue weighted by molar-refractivity contribution is 5.94. The Morgan fingerprint density at radius 2 is 1.37 bits per heavy atom. The Balaban J connectivity index is 1.23. The van der Waals surface area contributed by atoms with Crippen LogP contribution in [0.3, 0.4) is 0 Å². The van der Waals surface area contributed by atoms with Crippen molar-refractivity contribution in [1.29, 1.82) is 0 Å². The van der Waals surface area contributed by atoms with Crippen LogP contribution in [0.15, 0.2) is 140 Å². The number of benzene rings is 5. The number of hydrogen-bond donors (Lipinski definition) is 0. The molecular formula is C46H39N7O. The third-order valence-corrected chi connectivity index (χ3v) is 10.4. The first-order valence-electron chi connectivity index (χ1n) is 18.4. The molecule has 264 valence electrons. The minimum atomic E-state index is -0.873. The van der Waals surface area contributed by atoms with E-state index in [4.69, 9.17) is 25.0 Å². The van der Waals surface area contributed by atoms with Crippen molar-refractivity contribution >= 4 is 22.8 Å². The van der Waals surface area contributed by atoms with E-state index in [2.05, 4.69) is 133 Å². The van der Waals surface area contributed by atoms with Gasteiger partial charge >= 0.3 is 0 Å². The Kier molecular flexibility index (Phi) is 8.43. The lowest BCUT2D eigenvalue weighted by Crippen LogP contribution is -2.39. The van der Waals surface area contributed by atoms with Crippen molar-refractivity contribution in [3.05, 3.63) is 201 Å². The fraction of sp³-hybridized carbons (Fsp3) is 0.152. The van der Waals surface area contributed by atoms with Crippen molar-refractivity contribution in [2.24, 2.45) is 0 Å². The number of hydrogen-bond acceptors (Lipinski definition) is 6. The summed E-state index contributed by atoms with van der Waals surface area (Å²) in [5.74, 6) is 2.45. The number of aryl methyl sites for hydroxylation is 3. The van der Waals surface area contributed by atoms with Crippen LogP contribution in [0.5, 0.6) is 5.75 Å². The summed E-state index contributed by atoms with van der Waals surface area (Å²) in [6.07, 6.45) is 2.93. The first kappa shape index (κ1) is 33.2. The number of para-hydroxylation sites is 1. The zero-order valence-electron chi connectivity index (χ0n) is 30.5. The first-order valence-corrected chi connectivity index (χ1v) is 18.4. The molecular weight excluding hydrogens is 667 g/mol. The predicted molar refractivity (Wildman–Crippen MR) is 212 cm³/mol. The van der Waals surface area contributed by atoms with E-state index in [1.807, 2.05) is 48.0 Å². The zero-order valence-corrected chi connectivity index (χ0v) is 30.5. The molecule has 0 aliphatic carbocycles. The maximum atomic E-state index is 6.54. The second-order valence-corrected chi connectivity index (χ2v) is 13.8. The van der Waals surface area contributed by atoms with Gasteiger partial charge in [0, 0.05) is 17.7 Å². The van der Waals surface area contributed by atoms with Crippen LogP contribution < -0.4 is 4.74 Å². The summed E-state index contributed by atoms with van der Waals surface area (Å²) in [6, 6.07) is 48.4. The molecule has 8 nitrogen and oxygen atoms in total. The lowest BCUT2D eigenvalue weighted by atomic mass is 9.77. The molecule has 3 aromatic heterocycles. The largest absolute Gasteiger partial charge is 0.488 e. The molecule has 0 unspecified atom stereocenters. The number of ether oxygens (including phenoxy) is 1. The highest BCUT2D eigenvalue weighted by Gasteiger charge is 2.41. The fourth-order valence-corrected chi connectivity index (χ4v) is 8.02. The molecule has 0 bridgehead atoms. The van der Waals surface area contributed by atoms with Gasteiger partial charge in [-0.05, 0) is 93.1 Å². The highest BCUT2D eigenvalue weighted by Crippen LogP contribution is 2.43. The standard InChI is InChI=1S/C46H39N7O/c1-4-42-48-44-31(2)26-32(3)47-45(44)52(42)29-33-24-25-38-34(27-33)30-54-41-23-15-14-22-39(41)40(38)28-43-49-50-51-53(43)46(35-16-8-5-9-17-35,36-18-10-6-11-19-36)37-20-12-7-13-21-37/h5-28H,4,29-30H2,1-3H3. The molecule has 9 rings (SSSR count). The molecule has 1 aliphatic heterocycles. The molecule has 8 heteroatoms. The van der Waals surface area contributed by atoms with Gasteiger partial charge in [-0.3, -0.25) is 0 Å². The molecule has 54 heavy (non-hydrogen) atoms. The van der Waals surface area contributed by atoms with Crippen molar-refractivity contribution < 1.29 is 4.74 Å². The number of imidazole rings is 1. The zero-order chi connectivity index (χ0) is 36.6. The highest BCUT2D eigenvalue weighted by atomic mass is 16.5. The van der Waals surface area contributed by atoms with Crippen molar-refractivity contribution in [2.75, 3.05) is 0 Å². The number of fused-ring (bicyclic) bond motifs is 3. The second-order valence-electron chi connectivity index (χ2n) is 13.8. The van der Waals surface area contributed by atoms with Crippen LogP contribution in [-0.2, 0) is 25.1 Å². The van der Waals surface area contributed by atoms with Gasteiger partial charge in [-0.15, -0.1) is 5.10 Å². The second kappa shape index (κ2) is 13.7. The van der Waals surface area contributed by atoms with E-state index in [0.29, 0.717) is 19.0 Å². The van der Waals surface area contributed by atoms with Crippen LogP contribution in [0, 0.1) is 13.8 Å². The number of pyridine rings is 1. The SMILES string of the molecule is CCc1nc2c(C)cc(C)nc2n1Cc1ccc2c(c1)COc1ccccc1C2=Cc1nnnn1C(c1ccccc1)(c1ccccc1)c1ccccc1. The Labute approximate surface area is 314 Å². The van der Waals surface area contributed by atoms with Crippen LogP contribution in [0.4, 0.5) is 0 Å². The van der Waals surface area contributed by atoms with Crippen LogP contribution in [-0.4, -0.2) is 34.7 Å². The quantitative estimate of drug-likeness (QED) is 0.147. The molecule has 5 aromatic carbocycles. The van der Waals surface area contributed by atoms with Gasteiger partial charge in [0.25, 0.3) is 0 Å². The summed E-state index contributed by atoms with van der Waals surface area (Å²) in [4.78, 5) is 9.91. The topological polar surface area (TPSA) is 83.5 Å². The smallest absolute Gasteiger partial charge is 0.177 e. The fourth-order valence-electron chi connectivity index (χ4n) is 8.02. The van der Waals surface area contributed by atoms with E-state index in [9.17, 15) is 0 Å². The summed E-state index contributed by atoms with van der Waals surface area (Å²) < 4.78 is 10.8. The van der Waals surface area contributed by atoms with Crippen molar-refractivity contribution in [1.82, 2.24) is 34.7 Å². The van der Waals surface area contributed by atoms with Gasteiger partial charge in [-0.2, -0.15) is 0 Å². The summed E-state index contributed by atoms with van der Waals surface area (Å²) >= 11 is 0. The van der Waals surface area contributed by atoms with Crippen molar-refractivity contribution in [3.63, 3.8) is 0 Å².